The van der Waals surface area contributed by atoms with Gasteiger partial charge in [-0.1, -0.05) is 35.4 Å². The van der Waals surface area contributed by atoms with Crippen molar-refractivity contribution in [3.63, 3.8) is 0 Å². The Labute approximate surface area is 181 Å². The molecule has 1 fully saturated rings. The number of halogens is 1. The summed E-state index contributed by atoms with van der Waals surface area (Å²) in [7, 11) is 0. The normalized spacial score (nSPS) is 14.7. The fourth-order valence-corrected chi connectivity index (χ4v) is 3.67. The van der Waals surface area contributed by atoms with Crippen molar-refractivity contribution in [3.8, 4) is 11.5 Å². The maximum absolute atomic E-state index is 12.5. The summed E-state index contributed by atoms with van der Waals surface area (Å²) >= 11 is 5.99. The van der Waals surface area contributed by atoms with Crippen molar-refractivity contribution >= 4 is 23.3 Å². The van der Waals surface area contributed by atoms with Gasteiger partial charge in [-0.25, -0.2) is 9.78 Å². The number of benzene rings is 2. The second-order valence-corrected chi connectivity index (χ2v) is 8.03. The smallest absolute Gasteiger partial charge is 0.321 e. The summed E-state index contributed by atoms with van der Waals surface area (Å²) < 4.78 is 5.89. The van der Waals surface area contributed by atoms with E-state index in [4.69, 9.17) is 21.0 Å². The van der Waals surface area contributed by atoms with Crippen LogP contribution in [-0.4, -0.2) is 47.0 Å². The Kier molecular flexibility index (Phi) is 6.06. The molecule has 1 aromatic heterocycles. The quantitative estimate of drug-likeness (QED) is 0.642. The fraction of sp³-hybridized carbons (Fsp3) is 0.304. The SMILES string of the molecule is Cc1ccc(-c2nc(CN3CCN(C(=O)Nc4cccc(Cl)c4)CC3)c(C)o2)cc1. The second kappa shape index (κ2) is 8.90. The van der Waals surface area contributed by atoms with Crippen molar-refractivity contribution < 1.29 is 9.21 Å². The maximum atomic E-state index is 12.5. The van der Waals surface area contributed by atoms with Crippen molar-refractivity contribution in [2.24, 2.45) is 0 Å². The van der Waals surface area contributed by atoms with E-state index < -0.39 is 0 Å². The molecule has 2 amide bonds. The van der Waals surface area contributed by atoms with Crippen LogP contribution in [0.5, 0.6) is 0 Å². The van der Waals surface area contributed by atoms with Gasteiger partial charge in [-0.05, 0) is 44.2 Å². The molecule has 0 atom stereocenters. The van der Waals surface area contributed by atoms with E-state index in [0.717, 1.165) is 30.1 Å². The number of aromatic nitrogens is 1. The third-order valence-electron chi connectivity index (χ3n) is 5.30. The topological polar surface area (TPSA) is 61.6 Å². The monoisotopic (exact) mass is 424 g/mol. The molecule has 6 nitrogen and oxygen atoms in total. The minimum absolute atomic E-state index is 0.101. The van der Waals surface area contributed by atoms with Crippen LogP contribution >= 0.6 is 11.6 Å². The number of hydrogen-bond acceptors (Lipinski definition) is 4. The average molecular weight is 425 g/mol. The Morgan fingerprint density at radius 1 is 1.10 bits per heavy atom. The maximum Gasteiger partial charge on any atom is 0.321 e. The van der Waals surface area contributed by atoms with Crippen LogP contribution in [0.3, 0.4) is 0 Å². The molecule has 30 heavy (non-hydrogen) atoms. The van der Waals surface area contributed by atoms with E-state index in [1.165, 1.54) is 5.56 Å². The zero-order valence-corrected chi connectivity index (χ0v) is 17.9. The number of nitrogens with one attached hydrogen (secondary N) is 1. The van der Waals surface area contributed by atoms with Gasteiger partial charge in [0.05, 0.1) is 5.69 Å². The van der Waals surface area contributed by atoms with Gasteiger partial charge >= 0.3 is 6.03 Å². The molecule has 156 valence electrons. The van der Waals surface area contributed by atoms with E-state index in [1.807, 2.05) is 36.1 Å². The molecule has 2 heterocycles. The first kappa shape index (κ1) is 20.4. The van der Waals surface area contributed by atoms with E-state index in [1.54, 1.807) is 12.1 Å². The van der Waals surface area contributed by atoms with Crippen LogP contribution in [0.15, 0.2) is 52.9 Å². The molecule has 1 N–H and O–H groups in total. The van der Waals surface area contributed by atoms with Crippen LogP contribution in [-0.2, 0) is 6.54 Å². The van der Waals surface area contributed by atoms with Gasteiger partial charge in [-0.2, -0.15) is 0 Å². The third-order valence-corrected chi connectivity index (χ3v) is 5.54. The second-order valence-electron chi connectivity index (χ2n) is 7.59. The van der Waals surface area contributed by atoms with E-state index in [0.29, 0.717) is 36.2 Å². The summed E-state index contributed by atoms with van der Waals surface area (Å²) in [5.41, 5.74) is 3.84. The number of carbonyl (C=O) groups is 1. The molecule has 0 bridgehead atoms. The van der Waals surface area contributed by atoms with E-state index in [2.05, 4.69) is 29.3 Å². The Morgan fingerprint density at radius 3 is 2.53 bits per heavy atom. The van der Waals surface area contributed by atoms with Crippen LogP contribution in [0.25, 0.3) is 11.5 Å². The highest BCUT2D eigenvalue weighted by Crippen LogP contribution is 2.23. The highest BCUT2D eigenvalue weighted by molar-refractivity contribution is 6.30. The lowest BCUT2D eigenvalue weighted by atomic mass is 10.1. The summed E-state index contributed by atoms with van der Waals surface area (Å²) in [5, 5.41) is 3.51. The predicted octanol–water partition coefficient (Wildman–Crippen LogP) is 4.96. The summed E-state index contributed by atoms with van der Waals surface area (Å²) in [4.78, 5) is 21.3. The van der Waals surface area contributed by atoms with Crippen molar-refractivity contribution in [1.29, 1.82) is 0 Å². The number of urea groups is 1. The molecule has 1 aliphatic rings. The van der Waals surface area contributed by atoms with Gasteiger partial charge < -0.3 is 14.6 Å². The van der Waals surface area contributed by atoms with Gasteiger partial charge in [0, 0.05) is 49.0 Å². The number of hydrogen-bond donors (Lipinski definition) is 1. The molecule has 3 aromatic rings. The Morgan fingerprint density at radius 2 is 1.83 bits per heavy atom. The summed E-state index contributed by atoms with van der Waals surface area (Å²) in [6.07, 6.45) is 0. The minimum Gasteiger partial charge on any atom is -0.441 e. The standard InChI is InChI=1S/C23H25ClN4O2/c1-16-6-8-18(9-7-16)22-26-21(17(2)30-22)15-27-10-12-28(13-11-27)23(29)25-20-5-3-4-19(24)14-20/h3-9,14H,10-13,15H2,1-2H3,(H,25,29). The first-order chi connectivity index (χ1) is 14.5. The summed E-state index contributed by atoms with van der Waals surface area (Å²) in [5.74, 6) is 1.49. The number of piperazine rings is 1. The molecule has 7 heteroatoms. The largest absolute Gasteiger partial charge is 0.441 e. The highest BCUT2D eigenvalue weighted by atomic mass is 35.5. The predicted molar refractivity (Wildman–Crippen MR) is 119 cm³/mol. The van der Waals surface area contributed by atoms with Crippen molar-refractivity contribution in [1.82, 2.24) is 14.8 Å². The van der Waals surface area contributed by atoms with Crippen LogP contribution in [0, 0.1) is 13.8 Å². The lowest BCUT2D eigenvalue weighted by Gasteiger charge is -2.34. The summed E-state index contributed by atoms with van der Waals surface area (Å²) in [6, 6.07) is 15.3. The third kappa shape index (κ3) is 4.83. The van der Waals surface area contributed by atoms with Crippen molar-refractivity contribution in [2.45, 2.75) is 20.4 Å². The number of oxazole rings is 1. The van der Waals surface area contributed by atoms with Crippen LogP contribution in [0.4, 0.5) is 10.5 Å². The minimum atomic E-state index is -0.101. The van der Waals surface area contributed by atoms with Gasteiger partial charge in [0.25, 0.3) is 0 Å². The van der Waals surface area contributed by atoms with Gasteiger partial charge in [0.1, 0.15) is 5.76 Å². The van der Waals surface area contributed by atoms with Crippen LogP contribution < -0.4 is 5.32 Å². The number of carbonyl (C=O) groups excluding carboxylic acids is 1. The van der Waals surface area contributed by atoms with Crippen molar-refractivity contribution in [3.05, 3.63) is 70.6 Å². The first-order valence-electron chi connectivity index (χ1n) is 10.0. The number of amides is 2. The molecule has 1 saturated heterocycles. The van der Waals surface area contributed by atoms with Crippen LogP contribution in [0.1, 0.15) is 17.0 Å². The molecule has 0 saturated carbocycles. The number of nitrogens with zero attached hydrogens (tertiary/aromatic N) is 3. The van der Waals surface area contributed by atoms with Gasteiger partial charge in [-0.3, -0.25) is 4.90 Å². The highest BCUT2D eigenvalue weighted by Gasteiger charge is 2.23. The molecule has 0 radical (unpaired) electrons. The zero-order chi connectivity index (χ0) is 21.1. The van der Waals surface area contributed by atoms with Gasteiger partial charge in [0.2, 0.25) is 5.89 Å². The van der Waals surface area contributed by atoms with E-state index in [9.17, 15) is 4.79 Å². The fourth-order valence-electron chi connectivity index (χ4n) is 3.48. The Bertz CT molecular complexity index is 1020. The zero-order valence-electron chi connectivity index (χ0n) is 17.2. The first-order valence-corrected chi connectivity index (χ1v) is 10.4. The average Bonchev–Trinajstić information content (AvgIpc) is 3.09. The van der Waals surface area contributed by atoms with E-state index in [-0.39, 0.29) is 6.03 Å². The van der Waals surface area contributed by atoms with Crippen molar-refractivity contribution in [2.75, 3.05) is 31.5 Å². The molecule has 0 unspecified atom stereocenters. The van der Waals surface area contributed by atoms with Crippen LogP contribution in [0.2, 0.25) is 5.02 Å². The molecule has 0 aliphatic carbocycles. The van der Waals surface area contributed by atoms with Gasteiger partial charge in [-0.15, -0.1) is 0 Å². The molecular formula is C23H25ClN4O2. The molecule has 2 aromatic carbocycles. The van der Waals surface area contributed by atoms with Gasteiger partial charge in [0.15, 0.2) is 0 Å². The van der Waals surface area contributed by atoms with E-state index >= 15 is 0 Å². The Hall–Kier alpha value is -2.83. The molecule has 1 aliphatic heterocycles. The lowest BCUT2D eigenvalue weighted by Crippen LogP contribution is -2.49. The molecule has 4 rings (SSSR count). The number of aryl methyl sites for hydroxylation is 2. The molecule has 0 spiro atoms. The Balaban J connectivity index is 1.32. The lowest BCUT2D eigenvalue weighted by molar-refractivity contribution is 0.141. The summed E-state index contributed by atoms with van der Waals surface area (Å²) in [6.45, 7) is 7.62. The number of rotatable bonds is 4. The number of anilines is 1. The molecular weight excluding hydrogens is 400 g/mol.